The highest BCUT2D eigenvalue weighted by molar-refractivity contribution is 5.94. The van der Waals surface area contributed by atoms with Crippen molar-refractivity contribution in [2.24, 2.45) is 11.7 Å². The van der Waals surface area contributed by atoms with Crippen molar-refractivity contribution in [3.8, 4) is 0 Å². The van der Waals surface area contributed by atoms with Crippen LogP contribution in [0.15, 0.2) is 24.3 Å². The van der Waals surface area contributed by atoms with Gasteiger partial charge in [-0.3, -0.25) is 4.79 Å². The Balaban J connectivity index is 2.58. The molecule has 3 N–H and O–H groups in total. The van der Waals surface area contributed by atoms with Crippen LogP contribution in [0.2, 0.25) is 0 Å². The lowest BCUT2D eigenvalue weighted by Gasteiger charge is -2.07. The molecule has 0 aliphatic rings. The zero-order valence-corrected chi connectivity index (χ0v) is 9.29. The second-order valence-corrected chi connectivity index (χ2v) is 4.00. The molecule has 0 saturated carbocycles. The fraction of sp³-hybridized carbons (Fsp3) is 0.417. The molecule has 0 aliphatic carbocycles. The summed E-state index contributed by atoms with van der Waals surface area (Å²) in [6, 6.07) is 7.37. The molecule has 0 fully saturated rings. The van der Waals surface area contributed by atoms with Crippen LogP contribution in [0.25, 0.3) is 0 Å². The van der Waals surface area contributed by atoms with E-state index in [9.17, 15) is 4.79 Å². The number of amides is 1. The quantitative estimate of drug-likeness (QED) is 0.785. The van der Waals surface area contributed by atoms with Gasteiger partial charge in [0.1, 0.15) is 0 Å². The topological polar surface area (TPSA) is 55.1 Å². The molecule has 0 saturated heterocycles. The Kier molecular flexibility index (Phi) is 4.31. The van der Waals surface area contributed by atoms with Crippen molar-refractivity contribution < 1.29 is 4.79 Å². The summed E-state index contributed by atoms with van der Waals surface area (Å²) in [5, 5.41) is 2.87. The molecule has 0 atom stereocenters. The summed E-state index contributed by atoms with van der Waals surface area (Å²) in [6.07, 6.45) is 0. The fourth-order valence-corrected chi connectivity index (χ4v) is 1.19. The zero-order chi connectivity index (χ0) is 11.3. The summed E-state index contributed by atoms with van der Waals surface area (Å²) in [4.78, 5) is 11.6. The molecule has 15 heavy (non-hydrogen) atoms. The van der Waals surface area contributed by atoms with E-state index in [0.29, 0.717) is 24.6 Å². The van der Waals surface area contributed by atoms with Crippen LogP contribution in [0.1, 0.15) is 29.8 Å². The number of carbonyl (C=O) groups excluding carboxylic acids is 1. The van der Waals surface area contributed by atoms with Crippen molar-refractivity contribution in [1.82, 2.24) is 5.32 Å². The molecular weight excluding hydrogens is 188 g/mol. The molecule has 0 aliphatic heterocycles. The molecular formula is C12H18N2O. The van der Waals surface area contributed by atoms with E-state index in [4.69, 9.17) is 5.73 Å². The van der Waals surface area contributed by atoms with E-state index in [-0.39, 0.29) is 5.91 Å². The first-order chi connectivity index (χ1) is 7.13. The Morgan fingerprint density at radius 1 is 1.33 bits per heavy atom. The average Bonchev–Trinajstić information content (AvgIpc) is 2.26. The van der Waals surface area contributed by atoms with Crippen molar-refractivity contribution in [3.63, 3.8) is 0 Å². The summed E-state index contributed by atoms with van der Waals surface area (Å²) in [6.45, 7) is 5.35. The second-order valence-electron chi connectivity index (χ2n) is 4.00. The van der Waals surface area contributed by atoms with Gasteiger partial charge in [-0.15, -0.1) is 0 Å². The number of benzene rings is 1. The van der Waals surface area contributed by atoms with Crippen LogP contribution in [0.4, 0.5) is 0 Å². The Bertz CT molecular complexity index is 317. The largest absolute Gasteiger partial charge is 0.352 e. The number of carbonyl (C=O) groups is 1. The predicted molar refractivity (Wildman–Crippen MR) is 61.5 cm³/mol. The van der Waals surface area contributed by atoms with Gasteiger partial charge in [0, 0.05) is 18.7 Å². The molecule has 1 amide bonds. The lowest BCUT2D eigenvalue weighted by molar-refractivity contribution is 0.0949. The minimum atomic E-state index is -0.0210. The maximum Gasteiger partial charge on any atom is 0.251 e. The zero-order valence-electron chi connectivity index (χ0n) is 9.29. The number of nitrogens with two attached hydrogens (primary N) is 1. The van der Waals surface area contributed by atoms with Crippen molar-refractivity contribution >= 4 is 5.91 Å². The van der Waals surface area contributed by atoms with E-state index in [2.05, 4.69) is 19.2 Å². The number of hydrogen-bond acceptors (Lipinski definition) is 2. The molecule has 0 heterocycles. The van der Waals surface area contributed by atoms with E-state index in [1.54, 1.807) is 12.1 Å². The number of hydrogen-bond donors (Lipinski definition) is 2. The van der Waals surface area contributed by atoms with E-state index in [0.717, 1.165) is 5.56 Å². The van der Waals surface area contributed by atoms with Crippen LogP contribution in [-0.2, 0) is 6.54 Å². The van der Waals surface area contributed by atoms with Crippen LogP contribution in [-0.4, -0.2) is 12.5 Å². The smallest absolute Gasteiger partial charge is 0.251 e. The lowest BCUT2D eigenvalue weighted by Crippen LogP contribution is -2.27. The Morgan fingerprint density at radius 3 is 2.40 bits per heavy atom. The van der Waals surface area contributed by atoms with E-state index >= 15 is 0 Å². The molecule has 1 aromatic rings. The van der Waals surface area contributed by atoms with Crippen molar-refractivity contribution in [3.05, 3.63) is 35.4 Å². The third-order valence-corrected chi connectivity index (χ3v) is 2.12. The molecule has 3 heteroatoms. The number of nitrogens with one attached hydrogen (secondary N) is 1. The molecule has 0 spiro atoms. The van der Waals surface area contributed by atoms with Gasteiger partial charge in [0.15, 0.2) is 0 Å². The Labute approximate surface area is 90.7 Å². The van der Waals surface area contributed by atoms with Crippen molar-refractivity contribution in [2.45, 2.75) is 20.4 Å². The van der Waals surface area contributed by atoms with Gasteiger partial charge >= 0.3 is 0 Å². The van der Waals surface area contributed by atoms with Gasteiger partial charge in [0.25, 0.3) is 5.91 Å². The maximum atomic E-state index is 11.6. The van der Waals surface area contributed by atoms with E-state index < -0.39 is 0 Å². The molecule has 3 nitrogen and oxygen atoms in total. The third-order valence-electron chi connectivity index (χ3n) is 2.12. The summed E-state index contributed by atoms with van der Waals surface area (Å²) >= 11 is 0. The SMILES string of the molecule is CC(C)CNC(=O)c1ccc(CN)cc1. The molecule has 0 radical (unpaired) electrons. The normalized spacial score (nSPS) is 10.4. The predicted octanol–water partition coefficient (Wildman–Crippen LogP) is 1.53. The maximum absolute atomic E-state index is 11.6. The summed E-state index contributed by atoms with van der Waals surface area (Å²) in [5.41, 5.74) is 7.20. The molecule has 82 valence electrons. The van der Waals surface area contributed by atoms with Crippen molar-refractivity contribution in [2.75, 3.05) is 6.54 Å². The van der Waals surface area contributed by atoms with Crippen LogP contribution in [0.5, 0.6) is 0 Å². The van der Waals surface area contributed by atoms with E-state index in [1.807, 2.05) is 12.1 Å². The van der Waals surface area contributed by atoms with Gasteiger partial charge in [-0.1, -0.05) is 26.0 Å². The van der Waals surface area contributed by atoms with Crippen LogP contribution < -0.4 is 11.1 Å². The first kappa shape index (κ1) is 11.7. The second kappa shape index (κ2) is 5.51. The first-order valence-electron chi connectivity index (χ1n) is 5.20. The van der Waals surface area contributed by atoms with Gasteiger partial charge in [-0.2, -0.15) is 0 Å². The molecule has 1 aromatic carbocycles. The van der Waals surface area contributed by atoms with E-state index in [1.165, 1.54) is 0 Å². The van der Waals surface area contributed by atoms with Crippen LogP contribution >= 0.6 is 0 Å². The summed E-state index contributed by atoms with van der Waals surface area (Å²) in [7, 11) is 0. The molecule has 1 rings (SSSR count). The average molecular weight is 206 g/mol. The highest BCUT2D eigenvalue weighted by Crippen LogP contribution is 2.03. The van der Waals surface area contributed by atoms with Crippen LogP contribution in [0.3, 0.4) is 0 Å². The summed E-state index contributed by atoms with van der Waals surface area (Å²) in [5.74, 6) is 0.449. The van der Waals surface area contributed by atoms with Gasteiger partial charge in [0.2, 0.25) is 0 Å². The molecule has 0 unspecified atom stereocenters. The number of rotatable bonds is 4. The van der Waals surface area contributed by atoms with Gasteiger partial charge in [-0.25, -0.2) is 0 Å². The molecule has 0 aromatic heterocycles. The highest BCUT2D eigenvalue weighted by atomic mass is 16.1. The highest BCUT2D eigenvalue weighted by Gasteiger charge is 2.04. The minimum Gasteiger partial charge on any atom is -0.352 e. The summed E-state index contributed by atoms with van der Waals surface area (Å²) < 4.78 is 0. The lowest BCUT2D eigenvalue weighted by atomic mass is 10.1. The van der Waals surface area contributed by atoms with Gasteiger partial charge < -0.3 is 11.1 Å². The Hall–Kier alpha value is -1.35. The van der Waals surface area contributed by atoms with Crippen LogP contribution in [0, 0.1) is 5.92 Å². The minimum absolute atomic E-state index is 0.0210. The fourth-order valence-electron chi connectivity index (χ4n) is 1.19. The first-order valence-corrected chi connectivity index (χ1v) is 5.20. The standard InChI is InChI=1S/C12H18N2O/c1-9(2)8-14-12(15)11-5-3-10(7-13)4-6-11/h3-6,9H,7-8,13H2,1-2H3,(H,14,15). The molecule has 0 bridgehead atoms. The van der Waals surface area contributed by atoms with Gasteiger partial charge in [0.05, 0.1) is 0 Å². The third kappa shape index (κ3) is 3.72. The van der Waals surface area contributed by atoms with Crippen molar-refractivity contribution in [1.29, 1.82) is 0 Å². The monoisotopic (exact) mass is 206 g/mol. The van der Waals surface area contributed by atoms with Gasteiger partial charge in [-0.05, 0) is 23.6 Å². The Morgan fingerprint density at radius 2 is 1.93 bits per heavy atom.